The second kappa shape index (κ2) is 17.3. The van der Waals surface area contributed by atoms with Gasteiger partial charge in [-0.3, -0.25) is 14.4 Å². The van der Waals surface area contributed by atoms with Gasteiger partial charge in [0, 0.05) is 23.1 Å². The molecule has 0 aliphatic rings. The molecular formula is C35H48N2O9. The van der Waals surface area contributed by atoms with Crippen LogP contribution in [0.3, 0.4) is 0 Å². The lowest BCUT2D eigenvalue weighted by Crippen LogP contribution is -2.61. The SMILES string of the molecule is CCCCCCCCCC(=O)OC(OC(=O)N(C(=O)c1cccc(OC)c1C)N(C(=O)c1cc(C)cc(C)c1)C(C)(C)C)C(=O)O. The van der Waals surface area contributed by atoms with Crippen LogP contribution in [0.4, 0.5) is 4.79 Å². The normalized spacial score (nSPS) is 11.7. The molecule has 0 aliphatic heterocycles. The molecule has 2 aromatic rings. The summed E-state index contributed by atoms with van der Waals surface area (Å²) in [5, 5.41) is 11.2. The van der Waals surface area contributed by atoms with Gasteiger partial charge >= 0.3 is 24.3 Å². The number of nitrogens with zero attached hydrogens (tertiary/aromatic N) is 2. The summed E-state index contributed by atoms with van der Waals surface area (Å²) in [6, 6.07) is 9.71. The van der Waals surface area contributed by atoms with E-state index in [1.807, 2.05) is 6.07 Å². The molecule has 0 bridgehead atoms. The molecule has 0 radical (unpaired) electrons. The molecular weight excluding hydrogens is 592 g/mol. The van der Waals surface area contributed by atoms with Crippen molar-refractivity contribution in [1.29, 1.82) is 0 Å². The predicted molar refractivity (Wildman–Crippen MR) is 172 cm³/mol. The molecule has 0 aromatic heterocycles. The lowest BCUT2D eigenvalue weighted by molar-refractivity contribution is -0.189. The van der Waals surface area contributed by atoms with Crippen LogP contribution in [0.5, 0.6) is 5.75 Å². The largest absolute Gasteiger partial charge is 0.496 e. The van der Waals surface area contributed by atoms with Gasteiger partial charge in [0.25, 0.3) is 11.8 Å². The van der Waals surface area contributed by atoms with Crippen molar-refractivity contribution in [3.05, 3.63) is 64.2 Å². The Morgan fingerprint density at radius 1 is 0.826 bits per heavy atom. The molecule has 1 N–H and O–H groups in total. The van der Waals surface area contributed by atoms with Crippen molar-refractivity contribution >= 4 is 29.8 Å². The summed E-state index contributed by atoms with van der Waals surface area (Å²) in [5.74, 6) is -3.96. The zero-order valence-electron chi connectivity index (χ0n) is 28.3. The van der Waals surface area contributed by atoms with Crippen LogP contribution in [0.15, 0.2) is 36.4 Å². The van der Waals surface area contributed by atoms with E-state index in [0.29, 0.717) is 22.7 Å². The third-order valence-electron chi connectivity index (χ3n) is 7.23. The zero-order chi connectivity index (χ0) is 34.6. The van der Waals surface area contributed by atoms with Crippen LogP contribution in [0, 0.1) is 20.8 Å². The first-order valence-corrected chi connectivity index (χ1v) is 15.7. The quantitative estimate of drug-likeness (QED) is 0.0986. The number of aliphatic carboxylic acids is 1. The highest BCUT2D eigenvalue weighted by molar-refractivity contribution is 6.07. The summed E-state index contributed by atoms with van der Waals surface area (Å²) in [7, 11) is 1.42. The third kappa shape index (κ3) is 10.6. The summed E-state index contributed by atoms with van der Waals surface area (Å²) < 4.78 is 15.5. The molecule has 0 spiro atoms. The zero-order valence-corrected chi connectivity index (χ0v) is 28.3. The van der Waals surface area contributed by atoms with Gasteiger partial charge in [-0.05, 0) is 72.2 Å². The fourth-order valence-electron chi connectivity index (χ4n) is 5.02. The maximum absolute atomic E-state index is 14.2. The number of carboxylic acids is 1. The number of aryl methyl sites for hydroxylation is 2. The Hall–Kier alpha value is -4.41. The third-order valence-corrected chi connectivity index (χ3v) is 7.23. The lowest BCUT2D eigenvalue weighted by atomic mass is 10.0. The van der Waals surface area contributed by atoms with Crippen LogP contribution in [-0.4, -0.2) is 63.9 Å². The van der Waals surface area contributed by atoms with E-state index in [4.69, 9.17) is 14.2 Å². The van der Waals surface area contributed by atoms with Crippen LogP contribution in [-0.2, 0) is 19.1 Å². The van der Waals surface area contributed by atoms with Gasteiger partial charge in [0.1, 0.15) is 5.75 Å². The van der Waals surface area contributed by atoms with Crippen molar-refractivity contribution in [2.45, 2.75) is 112 Å². The number of benzene rings is 2. The minimum atomic E-state index is -2.36. The number of ether oxygens (including phenoxy) is 3. The van der Waals surface area contributed by atoms with E-state index in [1.54, 1.807) is 65.8 Å². The maximum atomic E-state index is 14.2. The van der Waals surface area contributed by atoms with Gasteiger partial charge in [-0.2, -0.15) is 0 Å². The standard InChI is InChI=1S/C35H48N2O9/c1-9-10-11-12-13-14-15-19-29(38)45-33(32(41)42)46-34(43)36(31(40)27-17-16-18-28(44-8)25(27)4)37(35(5,6)7)30(39)26-21-23(2)20-24(3)22-26/h16-18,20-22,33H,9-15,19H2,1-8H3,(H,41,42). The Kier molecular flexibility index (Phi) is 14.2. The van der Waals surface area contributed by atoms with Gasteiger partial charge in [-0.15, -0.1) is 5.01 Å². The van der Waals surface area contributed by atoms with Gasteiger partial charge in [0.05, 0.1) is 12.6 Å². The van der Waals surface area contributed by atoms with E-state index in [2.05, 4.69) is 6.92 Å². The molecule has 11 nitrogen and oxygen atoms in total. The molecule has 3 amide bonds. The summed E-state index contributed by atoms with van der Waals surface area (Å²) in [6.07, 6.45) is 2.65. The Morgan fingerprint density at radius 3 is 1.96 bits per heavy atom. The first-order chi connectivity index (χ1) is 21.6. The molecule has 0 aliphatic carbocycles. The molecule has 0 saturated carbocycles. The Bertz CT molecular complexity index is 1380. The van der Waals surface area contributed by atoms with Crippen LogP contribution >= 0.6 is 0 Å². The number of carbonyl (C=O) groups is 5. The van der Waals surface area contributed by atoms with Crippen LogP contribution in [0.25, 0.3) is 0 Å². The smallest absolute Gasteiger partial charge is 0.440 e. The number of carboxylic acid groups (broad SMARTS) is 1. The molecule has 2 aromatic carbocycles. The first kappa shape index (κ1) is 37.8. The molecule has 11 heteroatoms. The lowest BCUT2D eigenvalue weighted by Gasteiger charge is -2.41. The van der Waals surface area contributed by atoms with E-state index < -0.39 is 41.7 Å². The highest BCUT2D eigenvalue weighted by Gasteiger charge is 2.43. The van der Waals surface area contributed by atoms with Crippen LogP contribution in [0.2, 0.25) is 0 Å². The number of hydrazine groups is 1. The van der Waals surface area contributed by atoms with Gasteiger partial charge < -0.3 is 19.3 Å². The van der Waals surface area contributed by atoms with Crippen molar-refractivity contribution in [2.75, 3.05) is 7.11 Å². The first-order valence-electron chi connectivity index (χ1n) is 15.7. The Balaban J connectivity index is 2.47. The fraction of sp³-hybridized carbons (Fsp3) is 0.514. The number of amides is 3. The Labute approximate surface area is 271 Å². The van der Waals surface area contributed by atoms with E-state index in [0.717, 1.165) is 54.7 Å². The molecule has 1 atom stereocenters. The molecule has 0 saturated heterocycles. The minimum Gasteiger partial charge on any atom is -0.496 e. The highest BCUT2D eigenvalue weighted by atomic mass is 16.7. The second-order valence-corrected chi connectivity index (χ2v) is 12.3. The average molecular weight is 641 g/mol. The maximum Gasteiger partial charge on any atom is 0.440 e. The molecule has 1 unspecified atom stereocenters. The number of imide groups is 1. The molecule has 2 rings (SSSR count). The topological polar surface area (TPSA) is 140 Å². The molecule has 252 valence electrons. The van der Waals surface area contributed by atoms with Crippen molar-refractivity contribution in [3.8, 4) is 5.75 Å². The van der Waals surface area contributed by atoms with Crippen molar-refractivity contribution in [2.24, 2.45) is 0 Å². The summed E-state index contributed by atoms with van der Waals surface area (Å²) in [4.78, 5) is 66.8. The number of rotatable bonds is 14. The average Bonchev–Trinajstić information content (AvgIpc) is 2.97. The highest BCUT2D eigenvalue weighted by Crippen LogP contribution is 2.28. The van der Waals surface area contributed by atoms with E-state index in [9.17, 15) is 29.1 Å². The van der Waals surface area contributed by atoms with E-state index in [-0.39, 0.29) is 17.5 Å². The number of hydrogen-bond donors (Lipinski definition) is 1. The Morgan fingerprint density at radius 2 is 1.41 bits per heavy atom. The number of unbranched alkanes of at least 4 members (excludes halogenated alkanes) is 6. The number of methoxy groups -OCH3 is 1. The van der Waals surface area contributed by atoms with E-state index in [1.165, 1.54) is 13.2 Å². The van der Waals surface area contributed by atoms with Gasteiger partial charge in [0.2, 0.25) is 0 Å². The monoisotopic (exact) mass is 640 g/mol. The van der Waals surface area contributed by atoms with Crippen molar-refractivity contribution in [3.63, 3.8) is 0 Å². The molecule has 0 fully saturated rings. The number of hydrogen-bond acceptors (Lipinski definition) is 8. The summed E-state index contributed by atoms with van der Waals surface area (Å²) in [5.41, 5.74) is 0.914. The second-order valence-electron chi connectivity index (χ2n) is 12.3. The minimum absolute atomic E-state index is 0.00146. The molecule has 0 heterocycles. The number of carbonyl (C=O) groups excluding carboxylic acids is 4. The van der Waals surface area contributed by atoms with Gasteiger partial charge in [0.15, 0.2) is 0 Å². The fourth-order valence-corrected chi connectivity index (χ4v) is 5.02. The summed E-state index contributed by atoms with van der Waals surface area (Å²) >= 11 is 0. The van der Waals surface area contributed by atoms with E-state index >= 15 is 0 Å². The van der Waals surface area contributed by atoms with Crippen molar-refractivity contribution < 1.29 is 43.3 Å². The van der Waals surface area contributed by atoms with Gasteiger partial charge in [-0.1, -0.05) is 68.7 Å². The van der Waals surface area contributed by atoms with Crippen LogP contribution < -0.4 is 4.74 Å². The van der Waals surface area contributed by atoms with Crippen molar-refractivity contribution in [1.82, 2.24) is 10.0 Å². The number of esters is 1. The summed E-state index contributed by atoms with van der Waals surface area (Å²) in [6.45, 7) is 12.2. The predicted octanol–water partition coefficient (Wildman–Crippen LogP) is 7.15. The van der Waals surface area contributed by atoms with Crippen LogP contribution in [0.1, 0.15) is 116 Å². The molecule has 46 heavy (non-hydrogen) atoms. The van der Waals surface area contributed by atoms with Gasteiger partial charge in [-0.25, -0.2) is 14.6 Å².